The smallest absolute Gasteiger partial charge is 0.305 e. The van der Waals surface area contributed by atoms with Crippen molar-refractivity contribution in [3.05, 3.63) is 39.4 Å². The molecule has 0 aliphatic rings. The van der Waals surface area contributed by atoms with Gasteiger partial charge in [0.15, 0.2) is 0 Å². The molecule has 0 fully saturated rings. The van der Waals surface area contributed by atoms with E-state index in [1.165, 1.54) is 0 Å². The van der Waals surface area contributed by atoms with E-state index in [0.717, 1.165) is 18.6 Å². The zero-order chi connectivity index (χ0) is 15.8. The lowest BCUT2D eigenvalue weighted by molar-refractivity contribution is -0.387. The van der Waals surface area contributed by atoms with Gasteiger partial charge in [-0.1, -0.05) is 6.42 Å². The molecule has 0 heterocycles. The average Bonchev–Trinajstić information content (AvgIpc) is 2.42. The standard InChI is InChI=1S/C13H16F2N2O3S/c1-21-8-4-2-3-7-16-13(18)11-9(14)5-6-10(12(11)15)17(19)20/h5-6H,2-4,7-8H2,1H3,(H,16,18). The van der Waals surface area contributed by atoms with Gasteiger partial charge in [-0.3, -0.25) is 14.9 Å². The minimum atomic E-state index is -1.44. The average molecular weight is 318 g/mol. The van der Waals surface area contributed by atoms with Crippen LogP contribution in [0.4, 0.5) is 14.5 Å². The summed E-state index contributed by atoms with van der Waals surface area (Å²) in [7, 11) is 0. The molecular weight excluding hydrogens is 302 g/mol. The molecule has 0 radical (unpaired) electrons. The van der Waals surface area contributed by atoms with Gasteiger partial charge < -0.3 is 5.32 Å². The molecule has 21 heavy (non-hydrogen) atoms. The van der Waals surface area contributed by atoms with Gasteiger partial charge in [0.25, 0.3) is 5.91 Å². The summed E-state index contributed by atoms with van der Waals surface area (Å²) in [6.45, 7) is 0.273. The second-order valence-electron chi connectivity index (χ2n) is 4.32. The van der Waals surface area contributed by atoms with Crippen LogP contribution in [0.1, 0.15) is 29.6 Å². The molecule has 0 saturated heterocycles. The molecule has 1 aromatic rings. The Labute approximate surface area is 125 Å². The number of carbonyl (C=O) groups is 1. The van der Waals surface area contributed by atoms with Gasteiger partial charge in [0.2, 0.25) is 5.82 Å². The molecule has 0 saturated carbocycles. The molecule has 0 aliphatic heterocycles. The van der Waals surface area contributed by atoms with Crippen molar-refractivity contribution in [3.8, 4) is 0 Å². The third-order valence-corrected chi connectivity index (χ3v) is 3.50. The Hall–Kier alpha value is -1.70. The molecule has 1 aromatic carbocycles. The second kappa shape index (κ2) is 8.56. The summed E-state index contributed by atoms with van der Waals surface area (Å²) in [4.78, 5) is 21.3. The van der Waals surface area contributed by atoms with Crippen LogP contribution in [0.15, 0.2) is 12.1 Å². The number of amides is 1. The fraction of sp³-hybridized carbons (Fsp3) is 0.462. The summed E-state index contributed by atoms with van der Waals surface area (Å²) in [5.74, 6) is -2.52. The quantitative estimate of drug-likeness (QED) is 0.454. The highest BCUT2D eigenvalue weighted by Gasteiger charge is 2.25. The highest BCUT2D eigenvalue weighted by atomic mass is 32.2. The molecule has 1 rings (SSSR count). The minimum absolute atomic E-state index is 0.273. The first-order valence-corrected chi connectivity index (χ1v) is 7.78. The molecular formula is C13H16F2N2O3S. The van der Waals surface area contributed by atoms with Gasteiger partial charge in [0.1, 0.15) is 11.4 Å². The van der Waals surface area contributed by atoms with Crippen LogP contribution in [0.25, 0.3) is 0 Å². The van der Waals surface area contributed by atoms with E-state index in [1.807, 2.05) is 6.26 Å². The first kappa shape index (κ1) is 17.4. The lowest BCUT2D eigenvalue weighted by Gasteiger charge is -2.07. The zero-order valence-electron chi connectivity index (χ0n) is 11.5. The Morgan fingerprint density at radius 2 is 2.05 bits per heavy atom. The second-order valence-corrected chi connectivity index (χ2v) is 5.31. The lowest BCUT2D eigenvalue weighted by atomic mass is 10.1. The Kier molecular flexibility index (Phi) is 7.07. The molecule has 0 aliphatic carbocycles. The number of carbonyl (C=O) groups excluding carboxylic acids is 1. The first-order valence-electron chi connectivity index (χ1n) is 6.38. The van der Waals surface area contributed by atoms with Crippen LogP contribution in [-0.4, -0.2) is 29.4 Å². The summed E-state index contributed by atoms with van der Waals surface area (Å²) in [6, 6.07) is 1.42. The SMILES string of the molecule is CSCCCCCNC(=O)c1c(F)ccc([N+](=O)[O-])c1F. The van der Waals surface area contributed by atoms with Crippen molar-refractivity contribution >= 4 is 23.4 Å². The number of hydrogen-bond acceptors (Lipinski definition) is 4. The van der Waals surface area contributed by atoms with Gasteiger partial charge in [-0.25, -0.2) is 4.39 Å². The van der Waals surface area contributed by atoms with Crippen LogP contribution in [0.3, 0.4) is 0 Å². The van der Waals surface area contributed by atoms with Crippen LogP contribution < -0.4 is 5.32 Å². The third kappa shape index (κ3) is 4.96. The zero-order valence-corrected chi connectivity index (χ0v) is 12.3. The van der Waals surface area contributed by atoms with E-state index in [0.29, 0.717) is 18.6 Å². The predicted molar refractivity (Wildman–Crippen MR) is 77.6 cm³/mol. The van der Waals surface area contributed by atoms with E-state index in [2.05, 4.69) is 5.32 Å². The van der Waals surface area contributed by atoms with Crippen LogP contribution >= 0.6 is 11.8 Å². The molecule has 1 amide bonds. The number of thioether (sulfide) groups is 1. The Bertz CT molecular complexity index is 526. The number of halogens is 2. The van der Waals surface area contributed by atoms with Gasteiger partial charge in [-0.05, 0) is 30.9 Å². The van der Waals surface area contributed by atoms with Gasteiger partial charge in [0, 0.05) is 12.6 Å². The van der Waals surface area contributed by atoms with Gasteiger partial charge in [-0.15, -0.1) is 0 Å². The van der Waals surface area contributed by atoms with E-state index >= 15 is 0 Å². The highest BCUT2D eigenvalue weighted by molar-refractivity contribution is 7.98. The third-order valence-electron chi connectivity index (χ3n) is 2.81. The van der Waals surface area contributed by atoms with Crippen molar-refractivity contribution in [2.24, 2.45) is 0 Å². The molecule has 8 heteroatoms. The molecule has 0 bridgehead atoms. The predicted octanol–water partition coefficient (Wildman–Crippen LogP) is 3.14. The summed E-state index contributed by atoms with van der Waals surface area (Å²) in [6.07, 6.45) is 4.57. The monoisotopic (exact) mass is 318 g/mol. The molecule has 0 atom stereocenters. The molecule has 0 aromatic heterocycles. The number of nitrogens with zero attached hydrogens (tertiary/aromatic N) is 1. The van der Waals surface area contributed by atoms with E-state index in [4.69, 9.17) is 0 Å². The van der Waals surface area contributed by atoms with Crippen molar-refractivity contribution in [1.29, 1.82) is 0 Å². The van der Waals surface area contributed by atoms with E-state index in [1.54, 1.807) is 11.8 Å². The highest BCUT2D eigenvalue weighted by Crippen LogP contribution is 2.22. The number of nitro groups is 1. The topological polar surface area (TPSA) is 72.2 Å². The van der Waals surface area contributed by atoms with Gasteiger partial charge in [0.05, 0.1) is 4.92 Å². The van der Waals surface area contributed by atoms with Crippen molar-refractivity contribution in [1.82, 2.24) is 5.32 Å². The number of benzene rings is 1. The Balaban J connectivity index is 2.66. The fourth-order valence-electron chi connectivity index (χ4n) is 1.73. The Morgan fingerprint density at radius 1 is 1.33 bits per heavy atom. The van der Waals surface area contributed by atoms with Crippen molar-refractivity contribution in [2.45, 2.75) is 19.3 Å². The van der Waals surface area contributed by atoms with E-state index in [-0.39, 0.29) is 6.54 Å². The van der Waals surface area contributed by atoms with Crippen molar-refractivity contribution < 1.29 is 18.5 Å². The van der Waals surface area contributed by atoms with Crippen LogP contribution in [-0.2, 0) is 0 Å². The maximum atomic E-state index is 13.8. The molecule has 5 nitrogen and oxygen atoms in total. The first-order chi connectivity index (χ1) is 9.99. The lowest BCUT2D eigenvalue weighted by Crippen LogP contribution is -2.26. The molecule has 116 valence electrons. The summed E-state index contributed by atoms with van der Waals surface area (Å²) in [5.41, 5.74) is -1.82. The van der Waals surface area contributed by atoms with E-state index in [9.17, 15) is 23.7 Å². The van der Waals surface area contributed by atoms with Crippen molar-refractivity contribution in [3.63, 3.8) is 0 Å². The molecule has 0 unspecified atom stereocenters. The van der Waals surface area contributed by atoms with Crippen LogP contribution in [0.5, 0.6) is 0 Å². The fourth-order valence-corrected chi connectivity index (χ4v) is 2.22. The summed E-state index contributed by atoms with van der Waals surface area (Å²) >= 11 is 1.72. The molecule has 1 N–H and O–H groups in total. The minimum Gasteiger partial charge on any atom is -0.352 e. The maximum absolute atomic E-state index is 13.8. The Morgan fingerprint density at radius 3 is 2.67 bits per heavy atom. The van der Waals surface area contributed by atoms with Crippen molar-refractivity contribution in [2.75, 3.05) is 18.6 Å². The van der Waals surface area contributed by atoms with E-state index < -0.39 is 33.7 Å². The van der Waals surface area contributed by atoms with Gasteiger partial charge >= 0.3 is 5.69 Å². The number of nitrogens with one attached hydrogen (secondary N) is 1. The molecule has 0 spiro atoms. The number of rotatable bonds is 8. The number of unbranched alkanes of at least 4 members (excludes halogenated alkanes) is 2. The summed E-state index contributed by atoms with van der Waals surface area (Å²) < 4.78 is 27.3. The maximum Gasteiger partial charge on any atom is 0.305 e. The number of hydrogen-bond donors (Lipinski definition) is 1. The number of nitro benzene ring substituents is 1. The van der Waals surface area contributed by atoms with Gasteiger partial charge in [-0.2, -0.15) is 16.2 Å². The van der Waals surface area contributed by atoms with Crippen LogP contribution in [0, 0.1) is 21.7 Å². The van der Waals surface area contributed by atoms with Crippen LogP contribution in [0.2, 0.25) is 0 Å². The normalized spacial score (nSPS) is 10.4. The largest absolute Gasteiger partial charge is 0.352 e. The summed E-state index contributed by atoms with van der Waals surface area (Å²) in [5, 5.41) is 13.0.